The molecule has 0 saturated heterocycles. The van der Waals surface area contributed by atoms with Crippen molar-refractivity contribution in [2.75, 3.05) is 0 Å². The van der Waals surface area contributed by atoms with Crippen LogP contribution in [0.4, 0.5) is 0 Å². The topological polar surface area (TPSA) is 53.1 Å². The van der Waals surface area contributed by atoms with E-state index in [1.165, 1.54) is 6.07 Å². The van der Waals surface area contributed by atoms with Crippen LogP contribution in [0.15, 0.2) is 24.4 Å². The molecule has 2 rings (SSSR count). The van der Waals surface area contributed by atoms with Crippen molar-refractivity contribution in [3.63, 3.8) is 0 Å². The van der Waals surface area contributed by atoms with Crippen LogP contribution in [0.3, 0.4) is 0 Å². The molecular formula is C9H6NO2. The molecule has 3 nitrogen and oxygen atoms in total. The fraction of sp³-hybridized carbons (Fsp3) is 0. The molecule has 59 valence electrons. The van der Waals surface area contributed by atoms with E-state index in [4.69, 9.17) is 5.11 Å². The zero-order valence-electron chi connectivity index (χ0n) is 6.16. The maximum atomic E-state index is 10.7. The Hall–Kier alpha value is -1.77. The number of aromatic amines is 1. The number of aromatic nitrogens is 1. The number of carbonyl (C=O) groups is 1. The first kappa shape index (κ1) is 6.91. The van der Waals surface area contributed by atoms with Gasteiger partial charge in [-0.1, -0.05) is 6.07 Å². The Morgan fingerprint density at radius 1 is 1.50 bits per heavy atom. The number of hydrogen-bond donors (Lipinski definition) is 2. The molecule has 2 N–H and O–H groups in total. The lowest BCUT2D eigenvalue weighted by Crippen LogP contribution is -1.96. The van der Waals surface area contributed by atoms with Crippen LogP contribution in [0.1, 0.15) is 10.4 Å². The van der Waals surface area contributed by atoms with E-state index < -0.39 is 5.97 Å². The van der Waals surface area contributed by atoms with Gasteiger partial charge in [-0.05, 0) is 18.2 Å². The summed E-state index contributed by atoms with van der Waals surface area (Å²) in [5.74, 6) is -0.920. The summed E-state index contributed by atoms with van der Waals surface area (Å²) >= 11 is 0. The predicted molar refractivity (Wildman–Crippen MR) is 44.1 cm³/mol. The van der Waals surface area contributed by atoms with E-state index in [1.807, 2.05) is 0 Å². The summed E-state index contributed by atoms with van der Waals surface area (Å²) in [6.07, 6.45) is 1.70. The van der Waals surface area contributed by atoms with Crippen molar-refractivity contribution >= 4 is 16.9 Å². The summed E-state index contributed by atoms with van der Waals surface area (Å²) in [6, 6.07) is 7.86. The smallest absolute Gasteiger partial charge is 0.337 e. The van der Waals surface area contributed by atoms with Gasteiger partial charge in [0.2, 0.25) is 0 Å². The number of nitrogens with one attached hydrogen (secondary N) is 1. The molecule has 1 radical (unpaired) electrons. The molecule has 0 spiro atoms. The Kier molecular flexibility index (Phi) is 1.37. The van der Waals surface area contributed by atoms with Gasteiger partial charge in [0, 0.05) is 11.6 Å². The highest BCUT2D eigenvalue weighted by Crippen LogP contribution is 2.15. The third kappa shape index (κ3) is 0.871. The van der Waals surface area contributed by atoms with Crippen molar-refractivity contribution < 1.29 is 9.90 Å². The van der Waals surface area contributed by atoms with Crippen molar-refractivity contribution in [2.24, 2.45) is 0 Å². The summed E-state index contributed by atoms with van der Waals surface area (Å²) in [6.45, 7) is 0. The van der Waals surface area contributed by atoms with Gasteiger partial charge in [0.25, 0.3) is 0 Å². The lowest BCUT2D eigenvalue weighted by molar-refractivity contribution is 0.0699. The van der Waals surface area contributed by atoms with Gasteiger partial charge in [0.05, 0.1) is 11.1 Å². The Labute approximate surface area is 68.6 Å². The van der Waals surface area contributed by atoms with E-state index in [2.05, 4.69) is 11.1 Å². The van der Waals surface area contributed by atoms with Crippen molar-refractivity contribution in [3.8, 4) is 0 Å². The van der Waals surface area contributed by atoms with Gasteiger partial charge >= 0.3 is 5.97 Å². The maximum Gasteiger partial charge on any atom is 0.337 e. The van der Waals surface area contributed by atoms with E-state index in [9.17, 15) is 4.79 Å². The van der Waals surface area contributed by atoms with E-state index in [0.29, 0.717) is 5.52 Å². The molecule has 12 heavy (non-hydrogen) atoms. The van der Waals surface area contributed by atoms with E-state index in [0.717, 1.165) is 5.39 Å². The molecule has 0 fully saturated rings. The van der Waals surface area contributed by atoms with Gasteiger partial charge in [0.1, 0.15) is 0 Å². The Bertz CT molecular complexity index is 431. The van der Waals surface area contributed by atoms with E-state index >= 15 is 0 Å². The van der Waals surface area contributed by atoms with Crippen LogP contribution in [0.2, 0.25) is 0 Å². The number of aromatic carboxylic acids is 1. The average molecular weight is 160 g/mol. The van der Waals surface area contributed by atoms with Gasteiger partial charge in [-0.25, -0.2) is 4.79 Å². The molecule has 3 heteroatoms. The highest BCUT2D eigenvalue weighted by molar-refractivity contribution is 6.01. The highest BCUT2D eigenvalue weighted by atomic mass is 16.4. The van der Waals surface area contributed by atoms with Crippen LogP contribution in [0.25, 0.3) is 10.9 Å². The van der Waals surface area contributed by atoms with Crippen molar-refractivity contribution in [2.45, 2.75) is 0 Å². The quantitative estimate of drug-likeness (QED) is 0.666. The second-order valence-corrected chi connectivity index (χ2v) is 2.46. The van der Waals surface area contributed by atoms with Crippen LogP contribution in [-0.4, -0.2) is 16.1 Å². The molecule has 0 aliphatic heterocycles. The molecule has 2 aromatic rings. The molecule has 0 aliphatic carbocycles. The van der Waals surface area contributed by atoms with Gasteiger partial charge in [0.15, 0.2) is 0 Å². The normalized spacial score (nSPS) is 10.3. The Morgan fingerprint density at radius 3 is 3.08 bits per heavy atom. The first-order valence-corrected chi connectivity index (χ1v) is 3.50. The molecule has 0 aliphatic rings. The minimum atomic E-state index is -0.920. The molecule has 0 bridgehead atoms. The summed E-state index contributed by atoms with van der Waals surface area (Å²) in [7, 11) is 0. The molecule has 1 aromatic heterocycles. The maximum absolute atomic E-state index is 10.7. The highest BCUT2D eigenvalue weighted by Gasteiger charge is 2.07. The lowest BCUT2D eigenvalue weighted by atomic mass is 10.1. The zero-order chi connectivity index (χ0) is 8.55. The van der Waals surface area contributed by atoms with Crippen molar-refractivity contribution in [1.82, 2.24) is 4.98 Å². The molecule has 0 unspecified atom stereocenters. The minimum Gasteiger partial charge on any atom is -0.478 e. The van der Waals surface area contributed by atoms with Gasteiger partial charge in [-0.15, -0.1) is 0 Å². The third-order valence-electron chi connectivity index (χ3n) is 1.74. The van der Waals surface area contributed by atoms with Gasteiger partial charge < -0.3 is 10.1 Å². The zero-order valence-corrected chi connectivity index (χ0v) is 6.16. The fourth-order valence-electron chi connectivity index (χ4n) is 1.19. The van der Waals surface area contributed by atoms with Gasteiger partial charge in [-0.2, -0.15) is 0 Å². The molecule has 0 saturated carbocycles. The number of rotatable bonds is 1. The monoisotopic (exact) mass is 160 g/mol. The summed E-state index contributed by atoms with van der Waals surface area (Å²) in [5.41, 5.74) is 0.916. The lowest BCUT2D eigenvalue weighted by Gasteiger charge is -1.94. The van der Waals surface area contributed by atoms with Gasteiger partial charge in [-0.3, -0.25) is 0 Å². The van der Waals surface area contributed by atoms with Crippen LogP contribution < -0.4 is 0 Å². The van der Waals surface area contributed by atoms with E-state index in [-0.39, 0.29) is 5.56 Å². The number of carboxylic acids is 1. The Balaban J connectivity index is 2.82. The average Bonchev–Trinajstić information content (AvgIpc) is 2.49. The predicted octanol–water partition coefficient (Wildman–Crippen LogP) is 1.67. The fourth-order valence-corrected chi connectivity index (χ4v) is 1.19. The number of fused-ring (bicyclic) bond motifs is 1. The second-order valence-electron chi connectivity index (χ2n) is 2.46. The molecule has 0 amide bonds. The number of H-pyrrole nitrogens is 1. The molecule has 0 atom stereocenters. The molecule has 1 aromatic carbocycles. The van der Waals surface area contributed by atoms with Crippen molar-refractivity contribution in [3.05, 3.63) is 36.0 Å². The summed E-state index contributed by atoms with van der Waals surface area (Å²) in [5, 5.41) is 9.57. The van der Waals surface area contributed by atoms with Crippen LogP contribution in [-0.2, 0) is 0 Å². The molecule has 1 heterocycles. The standard InChI is InChI=1S/C9H6NO2/c11-9(12)7-3-1-2-6-4-5-10-8(6)7/h1,3-5,10H,(H,11,12). The first-order valence-electron chi connectivity index (χ1n) is 3.50. The first-order chi connectivity index (χ1) is 5.79. The number of hydrogen-bond acceptors (Lipinski definition) is 1. The minimum absolute atomic E-state index is 0.286. The largest absolute Gasteiger partial charge is 0.478 e. The van der Waals surface area contributed by atoms with Crippen LogP contribution in [0, 0.1) is 6.07 Å². The number of carboxylic acid groups (broad SMARTS) is 1. The summed E-state index contributed by atoms with van der Waals surface area (Å²) < 4.78 is 0. The van der Waals surface area contributed by atoms with Crippen LogP contribution >= 0.6 is 0 Å². The second kappa shape index (κ2) is 2.37. The van der Waals surface area contributed by atoms with Crippen molar-refractivity contribution in [1.29, 1.82) is 0 Å². The third-order valence-corrected chi connectivity index (χ3v) is 1.74. The van der Waals surface area contributed by atoms with E-state index in [1.54, 1.807) is 18.3 Å². The van der Waals surface area contributed by atoms with Crippen LogP contribution in [0.5, 0.6) is 0 Å². The Morgan fingerprint density at radius 2 is 2.33 bits per heavy atom. The summed E-state index contributed by atoms with van der Waals surface area (Å²) in [4.78, 5) is 13.5. The SMILES string of the molecule is O=C(O)c1cc[c]c2cc[nH]c12. The molecular weight excluding hydrogens is 154 g/mol. The number of benzene rings is 1.